The van der Waals surface area contributed by atoms with Gasteiger partial charge in [0.25, 0.3) is 5.78 Å². The molecule has 96 valence electrons. The van der Waals surface area contributed by atoms with Crippen LogP contribution in [0.1, 0.15) is 11.3 Å². The van der Waals surface area contributed by atoms with Crippen LogP contribution in [0.15, 0.2) is 30.6 Å². The minimum absolute atomic E-state index is 0.262. The third kappa shape index (κ3) is 2.17. The number of hydrogen-bond donors (Lipinski definition) is 0. The van der Waals surface area contributed by atoms with Crippen molar-refractivity contribution >= 4 is 17.4 Å². The summed E-state index contributed by atoms with van der Waals surface area (Å²) in [5, 5.41) is 4.42. The lowest BCUT2D eigenvalue weighted by Crippen LogP contribution is -1.97. The van der Waals surface area contributed by atoms with E-state index in [1.54, 1.807) is 23.0 Å². The van der Waals surface area contributed by atoms with Crippen molar-refractivity contribution in [2.24, 2.45) is 0 Å². The molecule has 0 saturated carbocycles. The molecule has 0 fully saturated rings. The maximum atomic E-state index is 13.1. The Bertz CT molecular complexity index is 753. The number of fused-ring (bicyclic) bond motifs is 1. The number of hydrogen-bond acceptors (Lipinski definition) is 3. The number of nitrogens with zero attached hydrogens (tertiary/aromatic N) is 4. The molecule has 2 heterocycles. The molecule has 0 N–H and O–H groups in total. The largest absolute Gasteiger partial charge is 0.250 e. The Hall–Kier alpha value is -2.01. The van der Waals surface area contributed by atoms with Crippen molar-refractivity contribution in [3.05, 3.63) is 47.7 Å². The smallest absolute Gasteiger partial charge is 0.217 e. The molecule has 0 radical (unpaired) electrons. The normalized spacial score (nSPS) is 11.1. The minimum Gasteiger partial charge on any atom is -0.217 e. The fraction of sp³-hybridized carbons (Fsp3) is 0.154. The highest BCUT2D eigenvalue weighted by atomic mass is 35.5. The van der Waals surface area contributed by atoms with Crippen LogP contribution in [0.4, 0.5) is 4.39 Å². The summed E-state index contributed by atoms with van der Waals surface area (Å²) in [5.41, 5.74) is 3.04. The average molecular weight is 277 g/mol. The van der Waals surface area contributed by atoms with Gasteiger partial charge in [0.15, 0.2) is 0 Å². The van der Waals surface area contributed by atoms with Crippen LogP contribution in [-0.2, 0) is 5.88 Å². The Labute approximate surface area is 113 Å². The zero-order valence-electron chi connectivity index (χ0n) is 10.1. The number of halogens is 2. The monoisotopic (exact) mass is 276 g/mol. The highest BCUT2D eigenvalue weighted by Gasteiger charge is 2.08. The van der Waals surface area contributed by atoms with Gasteiger partial charge in [0.05, 0.1) is 24.0 Å². The predicted octanol–water partition coefficient (Wildman–Crippen LogP) is 2.98. The first-order valence-corrected chi connectivity index (χ1v) is 6.24. The molecule has 0 unspecified atom stereocenters. The zero-order valence-corrected chi connectivity index (χ0v) is 10.9. The minimum atomic E-state index is -0.262. The Morgan fingerprint density at radius 3 is 2.95 bits per heavy atom. The quantitative estimate of drug-likeness (QED) is 0.676. The SMILES string of the molecule is Cc1cc(F)ccc1-c1cnc2nc(CCl)cn2n1. The van der Waals surface area contributed by atoms with E-state index in [1.807, 2.05) is 6.92 Å². The summed E-state index contributed by atoms with van der Waals surface area (Å²) in [6.07, 6.45) is 3.36. The van der Waals surface area contributed by atoms with E-state index in [4.69, 9.17) is 11.6 Å². The molecule has 19 heavy (non-hydrogen) atoms. The van der Waals surface area contributed by atoms with E-state index in [-0.39, 0.29) is 5.82 Å². The van der Waals surface area contributed by atoms with Crippen molar-refractivity contribution in [3.8, 4) is 11.3 Å². The van der Waals surface area contributed by atoms with Gasteiger partial charge >= 0.3 is 0 Å². The number of imidazole rings is 1. The van der Waals surface area contributed by atoms with Crippen LogP contribution in [0.3, 0.4) is 0 Å². The summed E-state index contributed by atoms with van der Waals surface area (Å²) >= 11 is 5.72. The van der Waals surface area contributed by atoms with Crippen molar-refractivity contribution in [2.45, 2.75) is 12.8 Å². The van der Waals surface area contributed by atoms with E-state index in [2.05, 4.69) is 15.1 Å². The van der Waals surface area contributed by atoms with Gasteiger partial charge in [-0.2, -0.15) is 5.10 Å². The lowest BCUT2D eigenvalue weighted by atomic mass is 10.1. The first-order valence-electron chi connectivity index (χ1n) is 5.71. The summed E-state index contributed by atoms with van der Waals surface area (Å²) in [7, 11) is 0. The molecule has 0 aliphatic carbocycles. The average Bonchev–Trinajstić information content (AvgIpc) is 2.80. The maximum absolute atomic E-state index is 13.1. The second kappa shape index (κ2) is 4.59. The first-order chi connectivity index (χ1) is 9.17. The van der Waals surface area contributed by atoms with Gasteiger partial charge in [0, 0.05) is 5.56 Å². The van der Waals surface area contributed by atoms with Gasteiger partial charge in [-0.15, -0.1) is 11.6 Å². The summed E-state index contributed by atoms with van der Waals surface area (Å²) in [6.45, 7) is 1.84. The zero-order chi connectivity index (χ0) is 13.4. The Morgan fingerprint density at radius 2 is 2.21 bits per heavy atom. The first kappa shape index (κ1) is 12.0. The van der Waals surface area contributed by atoms with Crippen molar-refractivity contribution in [1.82, 2.24) is 19.6 Å². The summed E-state index contributed by atoms with van der Waals surface area (Å²) in [4.78, 5) is 8.43. The lowest BCUT2D eigenvalue weighted by molar-refractivity contribution is 0.627. The molecule has 3 aromatic rings. The number of benzene rings is 1. The Kier molecular flexibility index (Phi) is 2.91. The van der Waals surface area contributed by atoms with Gasteiger partial charge in [-0.3, -0.25) is 0 Å². The van der Waals surface area contributed by atoms with E-state index in [9.17, 15) is 4.39 Å². The van der Waals surface area contributed by atoms with Gasteiger partial charge < -0.3 is 0 Å². The second-order valence-electron chi connectivity index (χ2n) is 4.21. The Morgan fingerprint density at radius 1 is 1.37 bits per heavy atom. The van der Waals surface area contributed by atoms with Crippen LogP contribution < -0.4 is 0 Å². The number of rotatable bonds is 2. The van der Waals surface area contributed by atoms with Gasteiger partial charge in [-0.1, -0.05) is 0 Å². The highest BCUT2D eigenvalue weighted by molar-refractivity contribution is 6.16. The van der Waals surface area contributed by atoms with Crippen LogP contribution in [0.2, 0.25) is 0 Å². The van der Waals surface area contributed by atoms with E-state index < -0.39 is 0 Å². The molecule has 1 aromatic carbocycles. The van der Waals surface area contributed by atoms with Gasteiger partial charge in [-0.05, 0) is 30.7 Å². The highest BCUT2D eigenvalue weighted by Crippen LogP contribution is 2.21. The summed E-state index contributed by atoms with van der Waals surface area (Å²) in [6, 6.07) is 4.57. The van der Waals surface area contributed by atoms with Crippen LogP contribution in [0.5, 0.6) is 0 Å². The molecule has 0 atom stereocenters. The van der Waals surface area contributed by atoms with E-state index in [0.717, 1.165) is 16.8 Å². The molecular weight excluding hydrogens is 267 g/mol. The van der Waals surface area contributed by atoms with Crippen molar-refractivity contribution < 1.29 is 4.39 Å². The molecule has 0 bridgehead atoms. The van der Waals surface area contributed by atoms with Crippen molar-refractivity contribution in [1.29, 1.82) is 0 Å². The van der Waals surface area contributed by atoms with E-state index >= 15 is 0 Å². The molecule has 2 aromatic heterocycles. The third-order valence-electron chi connectivity index (χ3n) is 2.84. The van der Waals surface area contributed by atoms with Gasteiger partial charge in [0.2, 0.25) is 0 Å². The molecule has 6 heteroatoms. The fourth-order valence-corrected chi connectivity index (χ4v) is 2.06. The van der Waals surface area contributed by atoms with E-state index in [1.165, 1.54) is 12.1 Å². The second-order valence-corrected chi connectivity index (χ2v) is 4.48. The standard InChI is InChI=1S/C13H10ClFN4/c1-8-4-9(15)2-3-11(8)12-6-16-13-17-10(5-14)7-19(13)18-12/h2-4,6-7H,5H2,1H3. The molecule has 4 nitrogen and oxygen atoms in total. The number of aryl methyl sites for hydroxylation is 1. The molecule has 0 amide bonds. The molecule has 3 rings (SSSR count). The lowest BCUT2D eigenvalue weighted by Gasteiger charge is -2.04. The van der Waals surface area contributed by atoms with E-state index in [0.29, 0.717) is 17.4 Å². The fourth-order valence-electron chi connectivity index (χ4n) is 1.93. The summed E-state index contributed by atoms with van der Waals surface area (Å²) < 4.78 is 14.7. The van der Waals surface area contributed by atoms with Gasteiger partial charge in [-0.25, -0.2) is 18.9 Å². The van der Waals surface area contributed by atoms with Crippen LogP contribution in [-0.4, -0.2) is 19.6 Å². The number of alkyl halides is 1. The van der Waals surface area contributed by atoms with Crippen LogP contribution in [0, 0.1) is 12.7 Å². The van der Waals surface area contributed by atoms with Crippen molar-refractivity contribution in [3.63, 3.8) is 0 Å². The van der Waals surface area contributed by atoms with Crippen LogP contribution >= 0.6 is 11.6 Å². The number of aromatic nitrogens is 4. The Balaban J connectivity index is 2.14. The topological polar surface area (TPSA) is 43.1 Å². The molecular formula is C13H10ClFN4. The maximum Gasteiger partial charge on any atom is 0.250 e. The summed E-state index contributed by atoms with van der Waals surface area (Å²) in [5.74, 6) is 0.553. The molecule has 0 spiro atoms. The van der Waals surface area contributed by atoms with Crippen molar-refractivity contribution in [2.75, 3.05) is 0 Å². The predicted molar refractivity (Wildman–Crippen MR) is 70.5 cm³/mol. The van der Waals surface area contributed by atoms with Crippen LogP contribution in [0.25, 0.3) is 17.0 Å². The molecule has 0 saturated heterocycles. The molecule has 0 aliphatic heterocycles. The molecule has 0 aliphatic rings. The van der Waals surface area contributed by atoms with Gasteiger partial charge in [0.1, 0.15) is 11.5 Å². The third-order valence-corrected chi connectivity index (χ3v) is 3.11.